The summed E-state index contributed by atoms with van der Waals surface area (Å²) in [5, 5.41) is 7.68. The minimum Gasteiger partial charge on any atom is -0.497 e. The van der Waals surface area contributed by atoms with Gasteiger partial charge in [-0.05, 0) is 35.6 Å². The van der Waals surface area contributed by atoms with E-state index < -0.39 is 0 Å². The number of methoxy groups -OCH3 is 2. The first-order chi connectivity index (χ1) is 14.0. The molecule has 6 heteroatoms. The minimum atomic E-state index is 0.201. The van der Waals surface area contributed by atoms with Crippen molar-refractivity contribution in [1.29, 1.82) is 0 Å². The summed E-state index contributed by atoms with van der Waals surface area (Å²) in [7, 11) is 3.23. The highest BCUT2D eigenvalue weighted by molar-refractivity contribution is 5.65. The van der Waals surface area contributed by atoms with E-state index in [0.29, 0.717) is 35.7 Å². The Balaban J connectivity index is 1.73. The van der Waals surface area contributed by atoms with Gasteiger partial charge in [0.15, 0.2) is 0 Å². The second kappa shape index (κ2) is 9.56. The van der Waals surface area contributed by atoms with Crippen LogP contribution in [-0.2, 0) is 13.0 Å². The number of rotatable bonds is 9. The van der Waals surface area contributed by atoms with Gasteiger partial charge < -0.3 is 19.3 Å². The lowest BCUT2D eigenvalue weighted by Crippen LogP contribution is -2.25. The van der Waals surface area contributed by atoms with E-state index in [-0.39, 0.29) is 6.04 Å². The Kier molecular flexibility index (Phi) is 6.88. The normalized spacial score (nSPS) is 12.2. The lowest BCUT2D eigenvalue weighted by atomic mass is 9.95. The molecule has 0 aliphatic rings. The number of aromatic nitrogens is 2. The largest absolute Gasteiger partial charge is 0.497 e. The molecule has 154 valence electrons. The highest BCUT2D eigenvalue weighted by Crippen LogP contribution is 2.31. The Bertz CT molecular complexity index is 919. The molecule has 0 saturated heterocycles. The second-order valence-electron chi connectivity index (χ2n) is 7.28. The summed E-state index contributed by atoms with van der Waals surface area (Å²) >= 11 is 0. The third-order valence-corrected chi connectivity index (χ3v) is 5.00. The molecule has 29 heavy (non-hydrogen) atoms. The zero-order valence-corrected chi connectivity index (χ0v) is 17.7. The number of hydrogen-bond acceptors (Lipinski definition) is 6. The van der Waals surface area contributed by atoms with Crippen LogP contribution in [0.5, 0.6) is 11.5 Å². The van der Waals surface area contributed by atoms with Gasteiger partial charge in [0.2, 0.25) is 11.7 Å². The molecule has 1 unspecified atom stereocenters. The lowest BCUT2D eigenvalue weighted by molar-refractivity contribution is 0.337. The summed E-state index contributed by atoms with van der Waals surface area (Å²) in [5.41, 5.74) is 3.36. The molecule has 0 aliphatic carbocycles. The molecule has 0 spiro atoms. The molecule has 6 nitrogen and oxygen atoms in total. The van der Waals surface area contributed by atoms with Crippen LogP contribution in [0.1, 0.15) is 43.8 Å². The summed E-state index contributed by atoms with van der Waals surface area (Å²) in [6.45, 7) is 7.06. The fraction of sp³-hybridized carbons (Fsp3) is 0.391. The van der Waals surface area contributed by atoms with Crippen LogP contribution >= 0.6 is 0 Å². The highest BCUT2D eigenvalue weighted by Gasteiger charge is 2.18. The van der Waals surface area contributed by atoms with Crippen molar-refractivity contribution in [1.82, 2.24) is 15.5 Å². The van der Waals surface area contributed by atoms with Crippen LogP contribution in [0.15, 0.2) is 47.0 Å². The molecule has 0 aliphatic heterocycles. The fourth-order valence-corrected chi connectivity index (χ4v) is 3.32. The van der Waals surface area contributed by atoms with E-state index >= 15 is 0 Å². The van der Waals surface area contributed by atoms with Crippen molar-refractivity contribution in [2.45, 2.75) is 39.8 Å². The molecule has 0 fully saturated rings. The quantitative estimate of drug-likeness (QED) is 0.561. The van der Waals surface area contributed by atoms with Gasteiger partial charge in [0, 0.05) is 12.1 Å². The number of nitrogens with one attached hydrogen (secondary N) is 1. The number of hydrogen-bond donors (Lipinski definition) is 1. The molecule has 1 atom stereocenters. The third kappa shape index (κ3) is 4.95. The van der Waals surface area contributed by atoms with Crippen molar-refractivity contribution >= 4 is 0 Å². The van der Waals surface area contributed by atoms with Crippen LogP contribution in [0.2, 0.25) is 0 Å². The molecule has 0 radical (unpaired) electrons. The molecular formula is C23H29N3O3. The van der Waals surface area contributed by atoms with Crippen molar-refractivity contribution in [2.75, 3.05) is 14.2 Å². The van der Waals surface area contributed by atoms with Gasteiger partial charge in [0.05, 0.1) is 26.3 Å². The Morgan fingerprint density at radius 3 is 2.41 bits per heavy atom. The van der Waals surface area contributed by atoms with Gasteiger partial charge in [-0.3, -0.25) is 0 Å². The van der Waals surface area contributed by atoms with Crippen molar-refractivity contribution in [3.63, 3.8) is 0 Å². The first kappa shape index (κ1) is 20.9. The van der Waals surface area contributed by atoms with E-state index in [1.807, 2.05) is 12.1 Å². The second-order valence-corrected chi connectivity index (χ2v) is 7.28. The number of nitrogens with zero attached hydrogens (tertiary/aromatic N) is 2. The predicted octanol–water partition coefficient (Wildman–Crippen LogP) is 4.80. The van der Waals surface area contributed by atoms with Gasteiger partial charge in [-0.15, -0.1) is 0 Å². The van der Waals surface area contributed by atoms with Crippen LogP contribution in [0.4, 0.5) is 0 Å². The zero-order chi connectivity index (χ0) is 20.8. The maximum absolute atomic E-state index is 5.47. The summed E-state index contributed by atoms with van der Waals surface area (Å²) in [6.07, 6.45) is 1.04. The third-order valence-electron chi connectivity index (χ3n) is 5.00. The molecule has 3 rings (SSSR count). The Morgan fingerprint density at radius 2 is 1.79 bits per heavy atom. The van der Waals surface area contributed by atoms with Crippen LogP contribution in [-0.4, -0.2) is 24.4 Å². The molecule has 1 aromatic heterocycles. The summed E-state index contributed by atoms with van der Waals surface area (Å²) in [6, 6.07) is 14.5. The molecule has 0 saturated carbocycles. The van der Waals surface area contributed by atoms with E-state index in [1.54, 1.807) is 20.3 Å². The SMILES string of the molecule is CCc1ccc(C(NCc2nc(-c3ccc(OC)cc3OC)no2)C(C)C)cc1. The predicted molar refractivity (Wildman–Crippen MR) is 113 cm³/mol. The average molecular weight is 396 g/mol. The van der Waals surface area contributed by atoms with Crippen LogP contribution in [0.3, 0.4) is 0 Å². The van der Waals surface area contributed by atoms with E-state index in [9.17, 15) is 0 Å². The molecule has 1 heterocycles. The van der Waals surface area contributed by atoms with E-state index in [1.165, 1.54) is 11.1 Å². The van der Waals surface area contributed by atoms with Gasteiger partial charge in [0.25, 0.3) is 0 Å². The van der Waals surface area contributed by atoms with Gasteiger partial charge in [-0.1, -0.05) is 50.2 Å². The summed E-state index contributed by atoms with van der Waals surface area (Å²) in [5.74, 6) is 2.81. The average Bonchev–Trinajstić information content (AvgIpc) is 3.22. The van der Waals surface area contributed by atoms with Gasteiger partial charge in [0.1, 0.15) is 11.5 Å². The first-order valence-corrected chi connectivity index (χ1v) is 9.92. The number of aryl methyl sites for hydroxylation is 1. The Morgan fingerprint density at radius 1 is 1.03 bits per heavy atom. The molecular weight excluding hydrogens is 366 g/mol. The molecule has 1 N–H and O–H groups in total. The molecule has 2 aromatic carbocycles. The minimum absolute atomic E-state index is 0.201. The standard InChI is InChI=1S/C23H29N3O3/c1-6-16-7-9-17(10-8-16)22(15(2)3)24-14-21-25-23(26-29-21)19-12-11-18(27-4)13-20(19)28-5/h7-13,15,22,24H,6,14H2,1-5H3. The monoisotopic (exact) mass is 395 g/mol. The number of ether oxygens (including phenoxy) is 2. The Hall–Kier alpha value is -2.86. The van der Waals surface area contributed by atoms with E-state index in [0.717, 1.165) is 12.0 Å². The molecule has 3 aromatic rings. The lowest BCUT2D eigenvalue weighted by Gasteiger charge is -2.22. The molecule has 0 amide bonds. The van der Waals surface area contributed by atoms with Crippen molar-refractivity contribution in [3.05, 3.63) is 59.5 Å². The highest BCUT2D eigenvalue weighted by atomic mass is 16.5. The van der Waals surface area contributed by atoms with E-state index in [4.69, 9.17) is 14.0 Å². The zero-order valence-electron chi connectivity index (χ0n) is 17.7. The maximum Gasteiger partial charge on any atom is 0.240 e. The Labute approximate surface area is 172 Å². The van der Waals surface area contributed by atoms with Gasteiger partial charge in [-0.25, -0.2) is 0 Å². The fourth-order valence-electron chi connectivity index (χ4n) is 3.32. The van der Waals surface area contributed by atoms with Crippen LogP contribution in [0.25, 0.3) is 11.4 Å². The van der Waals surface area contributed by atoms with Crippen molar-refractivity contribution in [3.8, 4) is 22.9 Å². The van der Waals surface area contributed by atoms with Gasteiger partial charge >= 0.3 is 0 Å². The maximum atomic E-state index is 5.47. The summed E-state index contributed by atoms with van der Waals surface area (Å²) < 4.78 is 16.2. The van der Waals surface area contributed by atoms with Crippen LogP contribution < -0.4 is 14.8 Å². The van der Waals surface area contributed by atoms with Gasteiger partial charge in [-0.2, -0.15) is 4.98 Å². The topological polar surface area (TPSA) is 69.4 Å². The van der Waals surface area contributed by atoms with E-state index in [2.05, 4.69) is 60.5 Å². The first-order valence-electron chi connectivity index (χ1n) is 9.92. The van der Waals surface area contributed by atoms with Crippen molar-refractivity contribution < 1.29 is 14.0 Å². The van der Waals surface area contributed by atoms with Crippen LogP contribution in [0, 0.1) is 5.92 Å². The smallest absolute Gasteiger partial charge is 0.240 e. The number of benzene rings is 2. The summed E-state index contributed by atoms with van der Waals surface area (Å²) in [4.78, 5) is 4.54. The molecule has 0 bridgehead atoms. The van der Waals surface area contributed by atoms with Crippen molar-refractivity contribution in [2.24, 2.45) is 5.92 Å².